The summed E-state index contributed by atoms with van der Waals surface area (Å²) in [5, 5.41) is 6.26. The van der Waals surface area contributed by atoms with Crippen molar-refractivity contribution in [2.24, 2.45) is 0 Å². The molecule has 2 N–H and O–H groups in total. The molecule has 126 valence electrons. The van der Waals surface area contributed by atoms with Crippen molar-refractivity contribution in [3.8, 4) is 0 Å². The zero-order valence-corrected chi connectivity index (χ0v) is 13.7. The number of hydrogen-bond acceptors (Lipinski definition) is 4. The van der Waals surface area contributed by atoms with Gasteiger partial charge in [0.05, 0.1) is 24.2 Å². The number of nitrogens with zero attached hydrogens (tertiary/aromatic N) is 1. The first-order valence-electron chi connectivity index (χ1n) is 8.15. The molecule has 2 aromatic rings. The van der Waals surface area contributed by atoms with Gasteiger partial charge in [0.25, 0.3) is 5.91 Å². The lowest BCUT2D eigenvalue weighted by Crippen LogP contribution is -2.38. The molecule has 1 aromatic carbocycles. The van der Waals surface area contributed by atoms with Gasteiger partial charge in [0.2, 0.25) is 5.91 Å². The molecule has 1 aromatic heterocycles. The van der Waals surface area contributed by atoms with E-state index in [2.05, 4.69) is 15.6 Å². The molecule has 24 heavy (non-hydrogen) atoms. The molecule has 1 aliphatic rings. The lowest BCUT2D eigenvalue weighted by molar-refractivity contribution is -0.120. The van der Waals surface area contributed by atoms with Gasteiger partial charge in [-0.2, -0.15) is 0 Å². The predicted octanol–water partition coefficient (Wildman–Crippen LogP) is 1.22. The molecule has 2 amide bonds. The van der Waals surface area contributed by atoms with Crippen LogP contribution in [0.25, 0.3) is 10.9 Å². The van der Waals surface area contributed by atoms with Crippen molar-refractivity contribution in [1.82, 2.24) is 15.6 Å². The van der Waals surface area contributed by atoms with Crippen LogP contribution in [-0.4, -0.2) is 43.6 Å². The van der Waals surface area contributed by atoms with E-state index >= 15 is 0 Å². The lowest BCUT2D eigenvalue weighted by Gasteiger charge is -2.12. The second-order valence-electron chi connectivity index (χ2n) is 5.81. The fraction of sp³-hybridized carbons (Fsp3) is 0.389. The fourth-order valence-corrected chi connectivity index (χ4v) is 3.07. The van der Waals surface area contributed by atoms with Crippen LogP contribution in [0.4, 0.5) is 0 Å². The van der Waals surface area contributed by atoms with Gasteiger partial charge < -0.3 is 15.4 Å². The van der Waals surface area contributed by atoms with E-state index in [4.69, 9.17) is 4.74 Å². The molecule has 3 rings (SSSR count). The Morgan fingerprint density at radius 2 is 2.04 bits per heavy atom. The van der Waals surface area contributed by atoms with Crippen LogP contribution >= 0.6 is 0 Å². The molecule has 0 saturated carbocycles. The van der Waals surface area contributed by atoms with Crippen LogP contribution < -0.4 is 10.6 Å². The van der Waals surface area contributed by atoms with Gasteiger partial charge >= 0.3 is 0 Å². The zero-order chi connectivity index (χ0) is 16.9. The number of nitrogens with one attached hydrogen (secondary N) is 2. The van der Waals surface area contributed by atoms with E-state index in [1.807, 2.05) is 24.3 Å². The van der Waals surface area contributed by atoms with E-state index in [0.29, 0.717) is 18.7 Å². The topological polar surface area (TPSA) is 80.3 Å². The molecule has 6 heteroatoms. The Bertz CT molecular complexity index is 773. The van der Waals surface area contributed by atoms with Gasteiger partial charge in [-0.25, -0.2) is 0 Å². The molecule has 0 fully saturated rings. The second-order valence-corrected chi connectivity index (χ2v) is 5.81. The van der Waals surface area contributed by atoms with Crippen LogP contribution in [0.5, 0.6) is 0 Å². The Hall–Kier alpha value is -2.47. The van der Waals surface area contributed by atoms with E-state index in [9.17, 15) is 9.59 Å². The normalized spacial score (nSPS) is 12.9. The highest BCUT2D eigenvalue weighted by Gasteiger charge is 2.23. The fourth-order valence-electron chi connectivity index (χ4n) is 3.07. The maximum absolute atomic E-state index is 12.7. The third-order valence-electron chi connectivity index (χ3n) is 4.18. The van der Waals surface area contributed by atoms with Crippen LogP contribution in [0, 0.1) is 0 Å². The smallest absolute Gasteiger partial charge is 0.252 e. The van der Waals surface area contributed by atoms with E-state index < -0.39 is 0 Å². The van der Waals surface area contributed by atoms with Crippen LogP contribution in [0.2, 0.25) is 0 Å². The highest BCUT2D eigenvalue weighted by Crippen LogP contribution is 2.29. The van der Waals surface area contributed by atoms with Crippen LogP contribution in [-0.2, 0) is 22.4 Å². The molecular formula is C18H21N3O3. The monoisotopic (exact) mass is 327 g/mol. The number of ether oxygens (including phenoxy) is 1. The number of carbonyl (C=O) groups is 2. The molecule has 0 aliphatic heterocycles. The number of fused-ring (bicyclic) bond motifs is 2. The first kappa shape index (κ1) is 16.4. The molecule has 0 bridgehead atoms. The quantitative estimate of drug-likeness (QED) is 0.782. The summed E-state index contributed by atoms with van der Waals surface area (Å²) in [5.41, 5.74) is 3.51. The Morgan fingerprint density at radius 3 is 2.88 bits per heavy atom. The SMILES string of the molecule is COCCNC(=O)CNC(=O)c1c2c(nc3ccccc13)CCC2. The molecule has 6 nitrogen and oxygen atoms in total. The molecule has 0 atom stereocenters. The molecule has 1 heterocycles. The van der Waals surface area contributed by atoms with Crippen LogP contribution in [0.3, 0.4) is 0 Å². The van der Waals surface area contributed by atoms with Gasteiger partial charge in [-0.3, -0.25) is 14.6 Å². The summed E-state index contributed by atoms with van der Waals surface area (Å²) in [6.07, 6.45) is 2.77. The van der Waals surface area contributed by atoms with Crippen molar-refractivity contribution in [2.45, 2.75) is 19.3 Å². The molecule has 1 aliphatic carbocycles. The van der Waals surface area contributed by atoms with Crippen LogP contribution in [0.1, 0.15) is 28.0 Å². The van der Waals surface area contributed by atoms with Gasteiger partial charge in [-0.05, 0) is 30.9 Å². The largest absolute Gasteiger partial charge is 0.383 e. The number of carbonyl (C=O) groups excluding carboxylic acids is 2. The minimum absolute atomic E-state index is 0.0476. The summed E-state index contributed by atoms with van der Waals surface area (Å²) in [4.78, 5) is 29.1. The van der Waals surface area contributed by atoms with Gasteiger partial charge in [-0.15, -0.1) is 0 Å². The highest BCUT2D eigenvalue weighted by atomic mass is 16.5. The number of aromatic nitrogens is 1. The summed E-state index contributed by atoms with van der Waals surface area (Å²) in [7, 11) is 1.57. The van der Waals surface area contributed by atoms with Crippen molar-refractivity contribution >= 4 is 22.7 Å². The third kappa shape index (κ3) is 3.38. The number of rotatable bonds is 6. The summed E-state index contributed by atoms with van der Waals surface area (Å²) in [6.45, 7) is 0.828. The van der Waals surface area contributed by atoms with Crippen LogP contribution in [0.15, 0.2) is 24.3 Å². The molecule has 0 radical (unpaired) electrons. The lowest BCUT2D eigenvalue weighted by atomic mass is 10.0. The minimum Gasteiger partial charge on any atom is -0.383 e. The molecule has 0 saturated heterocycles. The number of benzene rings is 1. The third-order valence-corrected chi connectivity index (χ3v) is 4.18. The van der Waals surface area contributed by atoms with Crippen molar-refractivity contribution in [2.75, 3.05) is 26.8 Å². The average Bonchev–Trinajstić information content (AvgIpc) is 3.05. The number of hydrogen-bond donors (Lipinski definition) is 2. The van der Waals surface area contributed by atoms with Crippen molar-refractivity contribution < 1.29 is 14.3 Å². The van der Waals surface area contributed by atoms with E-state index in [1.165, 1.54) is 0 Å². The van der Waals surface area contributed by atoms with Crippen molar-refractivity contribution in [1.29, 1.82) is 0 Å². The maximum Gasteiger partial charge on any atom is 0.252 e. The van der Waals surface area contributed by atoms with Crippen molar-refractivity contribution in [3.05, 3.63) is 41.1 Å². The molecule has 0 spiro atoms. The number of para-hydroxylation sites is 1. The minimum atomic E-state index is -0.226. The van der Waals surface area contributed by atoms with E-state index in [-0.39, 0.29) is 18.4 Å². The zero-order valence-electron chi connectivity index (χ0n) is 13.7. The Morgan fingerprint density at radius 1 is 1.21 bits per heavy atom. The first-order valence-corrected chi connectivity index (χ1v) is 8.15. The summed E-state index contributed by atoms with van der Waals surface area (Å²) in [5.74, 6) is -0.441. The predicted molar refractivity (Wildman–Crippen MR) is 91.0 cm³/mol. The van der Waals surface area contributed by atoms with E-state index in [1.54, 1.807) is 7.11 Å². The number of pyridine rings is 1. The number of methoxy groups -OCH3 is 1. The van der Waals surface area contributed by atoms with Gasteiger partial charge in [0.15, 0.2) is 0 Å². The van der Waals surface area contributed by atoms with Gasteiger partial charge in [-0.1, -0.05) is 18.2 Å². The second kappa shape index (κ2) is 7.40. The van der Waals surface area contributed by atoms with Gasteiger partial charge in [0.1, 0.15) is 0 Å². The first-order chi connectivity index (χ1) is 11.7. The summed E-state index contributed by atoms with van der Waals surface area (Å²) >= 11 is 0. The highest BCUT2D eigenvalue weighted by molar-refractivity contribution is 6.08. The van der Waals surface area contributed by atoms with E-state index in [0.717, 1.165) is 41.4 Å². The standard InChI is InChI=1S/C18H21N3O3/c1-24-10-9-19-16(22)11-20-18(23)17-12-5-2-3-7-14(12)21-15-8-4-6-13(15)17/h2-3,5,7H,4,6,8-11H2,1H3,(H,19,22)(H,20,23). The molecule has 0 unspecified atom stereocenters. The summed E-state index contributed by atoms with van der Waals surface area (Å²) < 4.78 is 4.88. The molecular weight excluding hydrogens is 306 g/mol. The average molecular weight is 327 g/mol. The Balaban J connectivity index is 1.79. The summed E-state index contributed by atoms with van der Waals surface area (Å²) in [6, 6.07) is 7.65. The van der Waals surface area contributed by atoms with Gasteiger partial charge in [0, 0.05) is 24.7 Å². The Labute approximate surface area is 140 Å². The Kier molecular flexibility index (Phi) is 5.05. The number of amides is 2. The number of aryl methyl sites for hydroxylation is 1. The maximum atomic E-state index is 12.7. The van der Waals surface area contributed by atoms with Crippen molar-refractivity contribution in [3.63, 3.8) is 0 Å².